The van der Waals surface area contributed by atoms with Gasteiger partial charge in [-0.25, -0.2) is 0 Å². The Morgan fingerprint density at radius 1 is 1.18 bits per heavy atom. The van der Waals surface area contributed by atoms with Gasteiger partial charge < -0.3 is 10.8 Å². The molecule has 0 aromatic heterocycles. The number of aliphatic hydroxyl groups is 1. The summed E-state index contributed by atoms with van der Waals surface area (Å²) in [7, 11) is 0. The SMILES string of the molecule is CC(C)(C)c1ccc([C@@H](N)CCCO)cc1.Cl. The first-order valence-electron chi connectivity index (χ1n) is 5.92. The summed E-state index contributed by atoms with van der Waals surface area (Å²) in [5, 5.41) is 8.76. The van der Waals surface area contributed by atoms with E-state index in [1.54, 1.807) is 0 Å². The molecule has 0 aliphatic heterocycles. The van der Waals surface area contributed by atoms with E-state index >= 15 is 0 Å². The normalized spacial score (nSPS) is 13.0. The highest BCUT2D eigenvalue weighted by molar-refractivity contribution is 5.85. The first-order valence-corrected chi connectivity index (χ1v) is 5.92. The van der Waals surface area contributed by atoms with Gasteiger partial charge in [-0.3, -0.25) is 0 Å². The van der Waals surface area contributed by atoms with Crippen LogP contribution in [0.4, 0.5) is 0 Å². The molecule has 0 aliphatic rings. The highest BCUT2D eigenvalue weighted by Gasteiger charge is 2.13. The molecule has 0 aliphatic carbocycles. The largest absolute Gasteiger partial charge is 0.396 e. The lowest BCUT2D eigenvalue weighted by Gasteiger charge is -2.20. The van der Waals surface area contributed by atoms with Crippen LogP contribution in [-0.2, 0) is 5.41 Å². The molecule has 3 N–H and O–H groups in total. The molecule has 17 heavy (non-hydrogen) atoms. The van der Waals surface area contributed by atoms with Crippen LogP contribution in [0.2, 0.25) is 0 Å². The zero-order chi connectivity index (χ0) is 12.2. The highest BCUT2D eigenvalue weighted by Crippen LogP contribution is 2.24. The third-order valence-corrected chi connectivity index (χ3v) is 2.88. The third kappa shape index (κ3) is 5.07. The van der Waals surface area contributed by atoms with E-state index in [9.17, 15) is 0 Å². The van der Waals surface area contributed by atoms with Crippen molar-refractivity contribution in [2.75, 3.05) is 6.61 Å². The number of hydrogen-bond acceptors (Lipinski definition) is 2. The summed E-state index contributed by atoms with van der Waals surface area (Å²) >= 11 is 0. The van der Waals surface area contributed by atoms with Crippen molar-refractivity contribution >= 4 is 12.4 Å². The molecule has 1 aromatic carbocycles. The van der Waals surface area contributed by atoms with Gasteiger partial charge in [0.1, 0.15) is 0 Å². The lowest BCUT2D eigenvalue weighted by molar-refractivity contribution is 0.280. The number of halogens is 1. The van der Waals surface area contributed by atoms with Crippen LogP contribution in [0.25, 0.3) is 0 Å². The second kappa shape index (κ2) is 7.00. The van der Waals surface area contributed by atoms with Crippen molar-refractivity contribution in [2.24, 2.45) is 5.73 Å². The van der Waals surface area contributed by atoms with E-state index in [0.29, 0.717) is 0 Å². The molecule has 0 unspecified atom stereocenters. The minimum absolute atomic E-state index is 0. The first kappa shape index (κ1) is 16.4. The van der Waals surface area contributed by atoms with Gasteiger partial charge in [0.05, 0.1) is 0 Å². The monoisotopic (exact) mass is 257 g/mol. The second-order valence-corrected chi connectivity index (χ2v) is 5.34. The van der Waals surface area contributed by atoms with Gasteiger partial charge in [0.15, 0.2) is 0 Å². The Kier molecular flexibility index (Phi) is 6.76. The molecule has 0 radical (unpaired) electrons. The number of hydrogen-bond donors (Lipinski definition) is 2. The van der Waals surface area contributed by atoms with E-state index in [1.165, 1.54) is 5.56 Å². The third-order valence-electron chi connectivity index (χ3n) is 2.88. The average molecular weight is 258 g/mol. The van der Waals surface area contributed by atoms with Crippen LogP contribution < -0.4 is 5.73 Å². The summed E-state index contributed by atoms with van der Waals surface area (Å²) < 4.78 is 0. The quantitative estimate of drug-likeness (QED) is 0.870. The minimum atomic E-state index is 0. The molecule has 2 nitrogen and oxygen atoms in total. The Hall–Kier alpha value is -0.570. The van der Waals surface area contributed by atoms with Crippen LogP contribution in [0.1, 0.15) is 50.8 Å². The summed E-state index contributed by atoms with van der Waals surface area (Å²) in [6.45, 7) is 6.82. The molecule has 3 heteroatoms. The van der Waals surface area contributed by atoms with Crippen molar-refractivity contribution in [1.82, 2.24) is 0 Å². The Labute approximate surface area is 111 Å². The lowest BCUT2D eigenvalue weighted by atomic mass is 9.86. The first-order chi connectivity index (χ1) is 7.45. The summed E-state index contributed by atoms with van der Waals surface area (Å²) in [4.78, 5) is 0. The van der Waals surface area contributed by atoms with Crippen molar-refractivity contribution in [1.29, 1.82) is 0 Å². The Morgan fingerprint density at radius 3 is 2.12 bits per heavy atom. The van der Waals surface area contributed by atoms with Crippen molar-refractivity contribution < 1.29 is 5.11 Å². The molecule has 0 heterocycles. The van der Waals surface area contributed by atoms with E-state index in [-0.39, 0.29) is 30.5 Å². The topological polar surface area (TPSA) is 46.2 Å². The van der Waals surface area contributed by atoms with Gasteiger partial charge in [-0.2, -0.15) is 0 Å². The van der Waals surface area contributed by atoms with Gasteiger partial charge in [0.2, 0.25) is 0 Å². The Balaban J connectivity index is 0.00000256. The molecule has 1 aromatic rings. The zero-order valence-electron chi connectivity index (χ0n) is 10.9. The van der Waals surface area contributed by atoms with Crippen molar-refractivity contribution in [3.63, 3.8) is 0 Å². The fourth-order valence-corrected chi connectivity index (χ4v) is 1.71. The van der Waals surface area contributed by atoms with Crippen LogP contribution in [0.15, 0.2) is 24.3 Å². The molecule has 98 valence electrons. The predicted octanol–water partition coefficient (Wildman–Crippen LogP) is 3.18. The smallest absolute Gasteiger partial charge is 0.0431 e. The van der Waals surface area contributed by atoms with E-state index in [1.807, 2.05) is 0 Å². The minimum Gasteiger partial charge on any atom is -0.396 e. The van der Waals surface area contributed by atoms with Gasteiger partial charge >= 0.3 is 0 Å². The fourth-order valence-electron chi connectivity index (χ4n) is 1.71. The maximum absolute atomic E-state index is 8.76. The predicted molar refractivity (Wildman–Crippen MR) is 75.6 cm³/mol. The van der Waals surface area contributed by atoms with Crippen LogP contribution in [0.5, 0.6) is 0 Å². The molecule has 1 rings (SSSR count). The van der Waals surface area contributed by atoms with E-state index in [2.05, 4.69) is 45.0 Å². The molecular weight excluding hydrogens is 234 g/mol. The van der Waals surface area contributed by atoms with Gasteiger partial charge in [0.25, 0.3) is 0 Å². The van der Waals surface area contributed by atoms with Gasteiger partial charge in [-0.1, -0.05) is 45.0 Å². The maximum atomic E-state index is 8.76. The maximum Gasteiger partial charge on any atom is 0.0431 e. The second-order valence-electron chi connectivity index (χ2n) is 5.34. The summed E-state index contributed by atoms with van der Waals surface area (Å²) in [6, 6.07) is 8.54. The summed E-state index contributed by atoms with van der Waals surface area (Å²) in [5.41, 5.74) is 8.70. The van der Waals surface area contributed by atoms with E-state index in [4.69, 9.17) is 10.8 Å². The number of aliphatic hydroxyl groups excluding tert-OH is 1. The molecule has 0 saturated heterocycles. The van der Waals surface area contributed by atoms with E-state index < -0.39 is 0 Å². The van der Waals surface area contributed by atoms with Crippen molar-refractivity contribution in [3.05, 3.63) is 35.4 Å². The summed E-state index contributed by atoms with van der Waals surface area (Å²) in [6.07, 6.45) is 1.60. The fraction of sp³-hybridized carbons (Fsp3) is 0.571. The highest BCUT2D eigenvalue weighted by atomic mass is 35.5. The zero-order valence-corrected chi connectivity index (χ0v) is 11.8. The van der Waals surface area contributed by atoms with Gasteiger partial charge in [0, 0.05) is 12.6 Å². The lowest BCUT2D eigenvalue weighted by Crippen LogP contribution is -2.13. The van der Waals surface area contributed by atoms with Crippen molar-refractivity contribution in [3.8, 4) is 0 Å². The number of benzene rings is 1. The molecule has 0 fully saturated rings. The molecule has 0 spiro atoms. The van der Waals surface area contributed by atoms with Crippen LogP contribution in [0, 0.1) is 0 Å². The van der Waals surface area contributed by atoms with E-state index in [0.717, 1.165) is 18.4 Å². The Morgan fingerprint density at radius 2 is 1.71 bits per heavy atom. The van der Waals surface area contributed by atoms with Gasteiger partial charge in [-0.05, 0) is 29.4 Å². The number of nitrogens with two attached hydrogens (primary N) is 1. The average Bonchev–Trinajstić information content (AvgIpc) is 2.25. The van der Waals surface area contributed by atoms with Crippen LogP contribution in [0.3, 0.4) is 0 Å². The molecule has 0 bridgehead atoms. The molecule has 0 amide bonds. The summed E-state index contributed by atoms with van der Waals surface area (Å²) in [5.74, 6) is 0. The molecular formula is C14H24ClNO. The molecule has 0 saturated carbocycles. The van der Waals surface area contributed by atoms with Gasteiger partial charge in [-0.15, -0.1) is 12.4 Å². The van der Waals surface area contributed by atoms with Crippen molar-refractivity contribution in [2.45, 2.75) is 45.1 Å². The van der Waals surface area contributed by atoms with Crippen LogP contribution in [-0.4, -0.2) is 11.7 Å². The Bertz CT molecular complexity index is 316. The molecule has 1 atom stereocenters. The standard InChI is InChI=1S/C14H23NO.ClH/c1-14(2,3)12-8-6-11(7-9-12)13(15)5-4-10-16;/h6-9,13,16H,4-5,10,15H2,1-3H3;1H/t13-;/m0./s1. The number of rotatable bonds is 4. The van der Waals surface area contributed by atoms with Crippen LogP contribution >= 0.6 is 12.4 Å².